The van der Waals surface area contributed by atoms with Gasteiger partial charge in [-0.25, -0.2) is 14.8 Å². The number of carbonyl (C=O) groups excluding carboxylic acids is 2. The lowest BCUT2D eigenvalue weighted by Gasteiger charge is -2.16. The summed E-state index contributed by atoms with van der Waals surface area (Å²) in [6.07, 6.45) is 6.71. The molecule has 2 aromatic heterocycles. The highest BCUT2D eigenvalue weighted by Gasteiger charge is 2.14. The number of unbranched alkanes of at least 4 members (excludes halogenated alkanes) is 2. The van der Waals surface area contributed by atoms with Crippen LogP contribution in [0.2, 0.25) is 0 Å². The largest absolute Gasteiger partial charge is 0.494 e. The number of amides is 1. The molecule has 2 N–H and O–H groups in total. The van der Waals surface area contributed by atoms with E-state index in [2.05, 4.69) is 35.5 Å². The summed E-state index contributed by atoms with van der Waals surface area (Å²) in [5, 5.41) is 15.0. The average molecular weight is 646 g/mol. The van der Waals surface area contributed by atoms with Crippen molar-refractivity contribution in [1.82, 2.24) is 30.0 Å². The number of nitrogens with one attached hydrogen (secondary N) is 2. The molecule has 250 valence electrons. The third-order valence-electron chi connectivity index (χ3n) is 7.28. The Morgan fingerprint density at radius 1 is 0.915 bits per heavy atom. The van der Waals surface area contributed by atoms with E-state index in [9.17, 15) is 9.59 Å². The van der Waals surface area contributed by atoms with Crippen molar-refractivity contribution in [3.05, 3.63) is 84.1 Å². The van der Waals surface area contributed by atoms with Crippen molar-refractivity contribution in [1.29, 1.82) is 0 Å². The van der Waals surface area contributed by atoms with Gasteiger partial charge in [0.05, 0.1) is 26.3 Å². The summed E-state index contributed by atoms with van der Waals surface area (Å²) < 4.78 is 23.2. The van der Waals surface area contributed by atoms with Gasteiger partial charge in [-0.15, -0.1) is 10.2 Å². The van der Waals surface area contributed by atoms with Gasteiger partial charge in [0.15, 0.2) is 11.6 Å². The molecular formula is C34H43N7O6. The number of ether oxygens (including phenoxy) is 4. The van der Waals surface area contributed by atoms with E-state index in [0.29, 0.717) is 50.1 Å². The molecular weight excluding hydrogens is 602 g/mol. The molecule has 0 fully saturated rings. The number of anilines is 1. The van der Waals surface area contributed by atoms with Gasteiger partial charge < -0.3 is 34.1 Å². The van der Waals surface area contributed by atoms with Crippen LogP contribution in [0.25, 0.3) is 11.5 Å². The smallest absolute Gasteiger partial charge is 0.331 e. The third kappa shape index (κ3) is 11.5. The summed E-state index contributed by atoms with van der Waals surface area (Å²) in [4.78, 5) is 32.3. The van der Waals surface area contributed by atoms with Crippen LogP contribution in [0.1, 0.15) is 60.4 Å². The summed E-state index contributed by atoms with van der Waals surface area (Å²) in [5.41, 5.74) is 2.99. The highest BCUT2D eigenvalue weighted by atomic mass is 16.6. The lowest BCUT2D eigenvalue weighted by molar-refractivity contribution is -0.146. The van der Waals surface area contributed by atoms with Crippen molar-refractivity contribution >= 4 is 17.6 Å². The topological polar surface area (TPSA) is 152 Å². The van der Waals surface area contributed by atoms with Gasteiger partial charge in [0, 0.05) is 44.3 Å². The molecule has 0 radical (unpaired) electrons. The minimum Gasteiger partial charge on any atom is -0.494 e. The van der Waals surface area contributed by atoms with Crippen LogP contribution < -0.4 is 15.4 Å². The maximum atomic E-state index is 13.1. The highest BCUT2D eigenvalue weighted by Crippen LogP contribution is 2.21. The first-order valence-corrected chi connectivity index (χ1v) is 15.7. The normalized spacial score (nSPS) is 11.6. The first-order chi connectivity index (χ1) is 22.9. The van der Waals surface area contributed by atoms with Gasteiger partial charge in [-0.1, -0.05) is 18.2 Å². The number of benzene rings is 2. The Morgan fingerprint density at radius 2 is 1.72 bits per heavy atom. The Morgan fingerprint density at radius 3 is 2.55 bits per heavy atom. The number of hydrogen-bond acceptors (Lipinski definition) is 11. The predicted octanol–water partition coefficient (Wildman–Crippen LogP) is 4.52. The molecule has 13 heteroatoms. The van der Waals surface area contributed by atoms with Gasteiger partial charge in [0.25, 0.3) is 5.91 Å². The highest BCUT2D eigenvalue weighted by molar-refractivity contribution is 5.95. The number of rotatable bonds is 20. The second kappa shape index (κ2) is 18.9. The van der Waals surface area contributed by atoms with Crippen LogP contribution in [0.5, 0.6) is 5.75 Å². The van der Waals surface area contributed by atoms with E-state index >= 15 is 0 Å². The molecule has 0 bridgehead atoms. The fraction of sp³-hybridized carbons (Fsp3) is 0.412. The monoisotopic (exact) mass is 645 g/mol. The quantitative estimate of drug-likeness (QED) is 0.103. The Hall–Kier alpha value is -4.88. The molecule has 0 aliphatic carbocycles. The zero-order valence-electron chi connectivity index (χ0n) is 27.2. The zero-order chi connectivity index (χ0) is 33.3. The Labute approximate surface area is 275 Å². The van der Waals surface area contributed by atoms with Crippen molar-refractivity contribution in [3.63, 3.8) is 0 Å². The van der Waals surface area contributed by atoms with E-state index in [-0.39, 0.29) is 24.5 Å². The molecule has 0 saturated carbocycles. The van der Waals surface area contributed by atoms with Gasteiger partial charge in [-0.2, -0.15) is 0 Å². The van der Waals surface area contributed by atoms with Gasteiger partial charge in [0.2, 0.25) is 0 Å². The van der Waals surface area contributed by atoms with Crippen LogP contribution in [0.15, 0.2) is 67.1 Å². The van der Waals surface area contributed by atoms with Gasteiger partial charge >= 0.3 is 5.97 Å². The first-order valence-electron chi connectivity index (χ1n) is 15.7. The average Bonchev–Trinajstić information content (AvgIpc) is 3.47. The molecule has 4 rings (SSSR count). The molecule has 2 aromatic carbocycles. The SMILES string of the molecule is COC(=O)COCCCOCCCCCOc1cccc([C@H](C)NC(=O)c2cccc(NCc3nnc(-c4ccncn4)n3C)c2)c1. The van der Waals surface area contributed by atoms with E-state index in [1.165, 1.54) is 13.4 Å². The zero-order valence-corrected chi connectivity index (χ0v) is 27.2. The van der Waals surface area contributed by atoms with E-state index in [4.69, 9.17) is 14.2 Å². The number of nitrogens with zero attached hydrogens (tertiary/aromatic N) is 5. The summed E-state index contributed by atoms with van der Waals surface area (Å²) in [7, 11) is 3.22. The lowest BCUT2D eigenvalue weighted by atomic mass is 10.1. The fourth-order valence-corrected chi connectivity index (χ4v) is 4.60. The van der Waals surface area contributed by atoms with Crippen LogP contribution in [0.3, 0.4) is 0 Å². The van der Waals surface area contributed by atoms with E-state index in [0.717, 1.165) is 48.5 Å². The van der Waals surface area contributed by atoms with E-state index in [1.807, 2.05) is 61.0 Å². The molecule has 1 atom stereocenters. The van der Waals surface area contributed by atoms with Crippen molar-refractivity contribution in [3.8, 4) is 17.3 Å². The number of esters is 1. The Kier molecular flexibility index (Phi) is 14.1. The van der Waals surface area contributed by atoms with Gasteiger partial charge in [-0.05, 0) is 74.6 Å². The van der Waals surface area contributed by atoms with Gasteiger partial charge in [-0.3, -0.25) is 4.79 Å². The second-order valence-electron chi connectivity index (χ2n) is 10.8. The van der Waals surface area contributed by atoms with Crippen LogP contribution >= 0.6 is 0 Å². The van der Waals surface area contributed by atoms with Crippen molar-refractivity contribution in [2.45, 2.75) is 45.2 Å². The van der Waals surface area contributed by atoms with Crippen molar-refractivity contribution in [2.24, 2.45) is 7.05 Å². The van der Waals surface area contributed by atoms with Crippen LogP contribution in [-0.2, 0) is 32.6 Å². The van der Waals surface area contributed by atoms with Crippen molar-refractivity contribution < 1.29 is 28.5 Å². The Balaban J connectivity index is 1.15. The number of methoxy groups -OCH3 is 1. The summed E-state index contributed by atoms with van der Waals surface area (Å²) in [6.45, 7) is 4.69. The van der Waals surface area contributed by atoms with Crippen molar-refractivity contribution in [2.75, 3.05) is 45.5 Å². The molecule has 0 aliphatic rings. The first kappa shape index (κ1) is 35.0. The lowest BCUT2D eigenvalue weighted by Crippen LogP contribution is -2.26. The predicted molar refractivity (Wildman–Crippen MR) is 176 cm³/mol. The molecule has 1 amide bonds. The molecule has 0 unspecified atom stereocenters. The molecule has 47 heavy (non-hydrogen) atoms. The molecule has 4 aromatic rings. The number of hydrogen-bond donors (Lipinski definition) is 2. The summed E-state index contributed by atoms with van der Waals surface area (Å²) >= 11 is 0. The second-order valence-corrected chi connectivity index (χ2v) is 10.8. The van der Waals surface area contributed by atoms with Crippen LogP contribution in [0.4, 0.5) is 5.69 Å². The van der Waals surface area contributed by atoms with Crippen LogP contribution in [0, 0.1) is 0 Å². The Bertz CT molecular complexity index is 1550. The molecule has 0 saturated heterocycles. The number of aromatic nitrogens is 5. The molecule has 0 spiro atoms. The van der Waals surface area contributed by atoms with Crippen LogP contribution in [-0.4, -0.2) is 76.8 Å². The summed E-state index contributed by atoms with van der Waals surface area (Å²) in [6, 6.07) is 16.7. The van der Waals surface area contributed by atoms with E-state index in [1.54, 1.807) is 18.3 Å². The molecule has 13 nitrogen and oxygen atoms in total. The van der Waals surface area contributed by atoms with E-state index < -0.39 is 0 Å². The standard InChI is InChI=1S/C34H43N7O6/c1-25(26-10-8-13-29(21-26)47-19-6-4-5-16-45-17-9-18-46-23-32(42)44-3)38-34(43)27-11-7-12-28(20-27)36-22-31-39-40-33(41(31)2)30-14-15-35-24-37-30/h7-8,10-15,20-21,24-25,36H,4-6,9,16-19,22-23H2,1-3H3,(H,38,43)/t25-/m0/s1. The maximum Gasteiger partial charge on any atom is 0.331 e. The number of carbonyl (C=O) groups is 2. The maximum absolute atomic E-state index is 13.1. The minimum atomic E-state index is -0.376. The molecule has 0 aliphatic heterocycles. The third-order valence-corrected chi connectivity index (χ3v) is 7.28. The summed E-state index contributed by atoms with van der Waals surface area (Å²) in [5.74, 6) is 1.60. The fourth-order valence-electron chi connectivity index (χ4n) is 4.60. The minimum absolute atomic E-state index is 0.0269. The molecule has 2 heterocycles. The van der Waals surface area contributed by atoms with Gasteiger partial charge in [0.1, 0.15) is 24.4 Å².